The van der Waals surface area contributed by atoms with E-state index in [0.717, 1.165) is 37.7 Å². The second kappa shape index (κ2) is 10.8. The summed E-state index contributed by atoms with van der Waals surface area (Å²) in [6, 6.07) is 0. The van der Waals surface area contributed by atoms with E-state index in [1.165, 1.54) is 21.3 Å². The van der Waals surface area contributed by atoms with Crippen LogP contribution >= 0.6 is 0 Å². The van der Waals surface area contributed by atoms with Crippen molar-refractivity contribution in [2.45, 2.75) is 58.5 Å². The first-order valence-corrected chi connectivity index (χ1v) is 11.2. The smallest absolute Gasteiger partial charge is 0.335 e. The Labute approximate surface area is 190 Å². The number of methoxy groups -OCH3 is 3. The molecule has 0 radical (unpaired) electrons. The number of hydrogen-bond acceptors (Lipinski definition) is 8. The quantitative estimate of drug-likeness (QED) is 0.322. The number of hydrogen-bond donors (Lipinski definition) is 1. The van der Waals surface area contributed by atoms with Gasteiger partial charge in [0.15, 0.2) is 6.10 Å². The van der Waals surface area contributed by atoms with Crippen molar-refractivity contribution in [3.63, 3.8) is 0 Å². The molecule has 0 spiro atoms. The van der Waals surface area contributed by atoms with E-state index in [2.05, 4.69) is 25.2 Å². The Morgan fingerprint density at radius 2 is 1.75 bits per heavy atom. The van der Waals surface area contributed by atoms with Gasteiger partial charge >= 0.3 is 17.9 Å². The van der Waals surface area contributed by atoms with E-state index in [1.807, 2.05) is 0 Å². The van der Waals surface area contributed by atoms with Crippen LogP contribution in [0.1, 0.15) is 52.4 Å². The molecule has 0 aromatic heterocycles. The number of aliphatic hydroxyl groups excluding tert-OH is 1. The van der Waals surface area contributed by atoms with Crippen molar-refractivity contribution in [3.8, 4) is 0 Å². The summed E-state index contributed by atoms with van der Waals surface area (Å²) in [4.78, 5) is 36.8. The van der Waals surface area contributed by atoms with E-state index in [1.54, 1.807) is 0 Å². The molecular weight excluding hydrogens is 416 g/mol. The molecule has 182 valence electrons. The second-order valence-corrected chi connectivity index (χ2v) is 9.66. The highest BCUT2D eigenvalue weighted by Crippen LogP contribution is 2.60. The summed E-state index contributed by atoms with van der Waals surface area (Å²) in [6.07, 6.45) is 3.02. The fraction of sp³-hybridized carbons (Fsp3) is 0.792. The third-order valence-corrected chi connectivity index (χ3v) is 7.86. The summed E-state index contributed by atoms with van der Waals surface area (Å²) in [6.45, 7) is 8.91. The molecule has 0 aromatic carbocycles. The second-order valence-electron chi connectivity index (χ2n) is 9.66. The van der Waals surface area contributed by atoms with E-state index in [0.29, 0.717) is 0 Å². The molecule has 2 aliphatic carbocycles. The Hall–Kier alpha value is -1.93. The van der Waals surface area contributed by atoms with Gasteiger partial charge in [-0.05, 0) is 42.4 Å². The van der Waals surface area contributed by atoms with Crippen LogP contribution in [0.15, 0.2) is 12.2 Å². The highest BCUT2D eigenvalue weighted by Gasteiger charge is 2.54. The van der Waals surface area contributed by atoms with Crippen LogP contribution in [0, 0.1) is 28.6 Å². The van der Waals surface area contributed by atoms with Crippen molar-refractivity contribution in [2.24, 2.45) is 28.6 Å². The van der Waals surface area contributed by atoms with Crippen molar-refractivity contribution >= 4 is 17.9 Å². The largest absolute Gasteiger partial charge is 0.469 e. The molecule has 2 aliphatic rings. The first-order chi connectivity index (χ1) is 15.1. The molecule has 6 unspecified atom stereocenters. The minimum Gasteiger partial charge on any atom is -0.469 e. The van der Waals surface area contributed by atoms with Gasteiger partial charge in [-0.2, -0.15) is 0 Å². The number of fused-ring (bicyclic) bond motifs is 1. The lowest BCUT2D eigenvalue weighted by molar-refractivity contribution is -0.174. The van der Waals surface area contributed by atoms with Crippen molar-refractivity contribution in [1.82, 2.24) is 0 Å². The Balaban J connectivity index is 2.30. The first-order valence-electron chi connectivity index (χ1n) is 11.2. The van der Waals surface area contributed by atoms with Crippen molar-refractivity contribution in [2.75, 3.05) is 34.5 Å². The Morgan fingerprint density at radius 1 is 1.09 bits per heavy atom. The van der Waals surface area contributed by atoms with Crippen LogP contribution in [0.3, 0.4) is 0 Å². The van der Waals surface area contributed by atoms with Crippen LogP contribution in [0.2, 0.25) is 0 Å². The van der Waals surface area contributed by atoms with Gasteiger partial charge in [-0.25, -0.2) is 4.79 Å². The number of aliphatic hydroxyl groups is 1. The van der Waals surface area contributed by atoms with Gasteiger partial charge in [0.25, 0.3) is 0 Å². The summed E-state index contributed by atoms with van der Waals surface area (Å²) in [5.41, 5.74) is 0.708. The van der Waals surface area contributed by atoms with Gasteiger partial charge in [0.2, 0.25) is 0 Å². The van der Waals surface area contributed by atoms with Crippen molar-refractivity contribution in [1.29, 1.82) is 0 Å². The van der Waals surface area contributed by atoms with Crippen LogP contribution in [0.25, 0.3) is 0 Å². The zero-order valence-electron chi connectivity index (χ0n) is 20.0. The maximum absolute atomic E-state index is 12.5. The SMILES string of the molecule is C=C1CCC2C(C)(CO)CCCC2(C)C1COC(C(=O)OC)C(CC(=O)OC)C(=O)OC. The van der Waals surface area contributed by atoms with Gasteiger partial charge in [-0.1, -0.05) is 32.4 Å². The number of carbonyl (C=O) groups is 3. The first kappa shape index (κ1) is 26.3. The molecule has 32 heavy (non-hydrogen) atoms. The number of ether oxygens (including phenoxy) is 4. The molecule has 8 heteroatoms. The van der Waals surface area contributed by atoms with Gasteiger partial charge in [-0.3, -0.25) is 9.59 Å². The third-order valence-electron chi connectivity index (χ3n) is 7.86. The molecule has 6 atom stereocenters. The lowest BCUT2D eigenvalue weighted by Gasteiger charge is -2.58. The molecule has 0 saturated heterocycles. The van der Waals surface area contributed by atoms with E-state index in [4.69, 9.17) is 14.2 Å². The molecule has 0 heterocycles. The molecular formula is C24H38O8. The molecule has 2 fully saturated rings. The van der Waals surface area contributed by atoms with E-state index in [-0.39, 0.29) is 42.3 Å². The van der Waals surface area contributed by atoms with Crippen LogP contribution in [0.5, 0.6) is 0 Å². The van der Waals surface area contributed by atoms with Crippen molar-refractivity contribution in [3.05, 3.63) is 12.2 Å². The van der Waals surface area contributed by atoms with Crippen LogP contribution in [0.4, 0.5) is 0 Å². The minimum absolute atomic E-state index is 0.0593. The summed E-state index contributed by atoms with van der Waals surface area (Å²) in [7, 11) is 3.60. The molecule has 1 N–H and O–H groups in total. The molecule has 0 bridgehead atoms. The van der Waals surface area contributed by atoms with Crippen LogP contribution < -0.4 is 0 Å². The molecule has 8 nitrogen and oxygen atoms in total. The highest BCUT2D eigenvalue weighted by molar-refractivity contribution is 5.87. The standard InChI is InChI=1S/C24H38O8/c1-15-8-9-18-23(2,14-25)10-7-11-24(18,3)17(15)13-32-20(22(28)31-6)16(21(27)30-5)12-19(26)29-4/h16-18,20,25H,1,7-14H2,2-6H3. The van der Waals surface area contributed by atoms with Crippen molar-refractivity contribution < 1.29 is 38.4 Å². The summed E-state index contributed by atoms with van der Waals surface area (Å²) in [5.74, 6) is -3.11. The number of rotatable bonds is 9. The van der Waals surface area contributed by atoms with Gasteiger partial charge in [0.1, 0.15) is 5.92 Å². The van der Waals surface area contributed by atoms with E-state index >= 15 is 0 Å². The zero-order valence-corrected chi connectivity index (χ0v) is 20.0. The maximum Gasteiger partial charge on any atom is 0.335 e. The number of carbonyl (C=O) groups excluding carboxylic acids is 3. The predicted octanol–water partition coefficient (Wildman–Crippen LogP) is 2.67. The van der Waals surface area contributed by atoms with E-state index in [9.17, 15) is 19.5 Å². The summed E-state index contributed by atoms with van der Waals surface area (Å²) < 4.78 is 20.4. The summed E-state index contributed by atoms with van der Waals surface area (Å²) >= 11 is 0. The third kappa shape index (κ3) is 5.17. The Bertz CT molecular complexity index is 719. The van der Waals surface area contributed by atoms with Gasteiger partial charge in [0, 0.05) is 12.5 Å². The lowest BCUT2D eigenvalue weighted by Crippen LogP contribution is -2.53. The highest BCUT2D eigenvalue weighted by atomic mass is 16.6. The lowest BCUT2D eigenvalue weighted by atomic mass is 9.47. The molecule has 0 aliphatic heterocycles. The average molecular weight is 455 g/mol. The molecule has 2 rings (SSSR count). The monoisotopic (exact) mass is 454 g/mol. The van der Waals surface area contributed by atoms with Gasteiger partial charge in [0.05, 0.1) is 34.4 Å². The topological polar surface area (TPSA) is 108 Å². The predicted molar refractivity (Wildman–Crippen MR) is 116 cm³/mol. The van der Waals surface area contributed by atoms with Crippen LogP contribution in [-0.4, -0.2) is 63.7 Å². The van der Waals surface area contributed by atoms with Gasteiger partial charge < -0.3 is 24.1 Å². The fourth-order valence-electron chi connectivity index (χ4n) is 5.97. The fourth-order valence-corrected chi connectivity index (χ4v) is 5.97. The molecule has 2 saturated carbocycles. The number of esters is 3. The molecule has 0 amide bonds. The maximum atomic E-state index is 12.5. The normalized spacial score (nSPS) is 31.8. The van der Waals surface area contributed by atoms with Crippen LogP contribution in [-0.2, 0) is 33.3 Å². The minimum atomic E-state index is -1.31. The van der Waals surface area contributed by atoms with E-state index < -0.39 is 29.9 Å². The van der Waals surface area contributed by atoms with Gasteiger partial charge in [-0.15, -0.1) is 0 Å². The molecule has 0 aromatic rings. The summed E-state index contributed by atoms with van der Waals surface area (Å²) in [5, 5.41) is 10.1. The average Bonchev–Trinajstić information content (AvgIpc) is 2.78. The zero-order chi connectivity index (χ0) is 24.1. The Kier molecular flexibility index (Phi) is 8.88. The Morgan fingerprint density at radius 3 is 2.31 bits per heavy atom.